The first-order valence-electron chi connectivity index (χ1n) is 6.56. The lowest BCUT2D eigenvalue weighted by Crippen LogP contribution is -2.14. The third kappa shape index (κ3) is 5.37. The fourth-order valence-electron chi connectivity index (χ4n) is 1.74. The van der Waals surface area contributed by atoms with E-state index in [9.17, 15) is 4.79 Å². The second-order valence-corrected chi connectivity index (χ2v) is 5.30. The first-order valence-corrected chi connectivity index (χ1v) is 7.32. The normalized spacial score (nSPS) is 12.2. The van der Waals surface area contributed by atoms with E-state index in [0.717, 1.165) is 25.7 Å². The van der Waals surface area contributed by atoms with Crippen LogP contribution in [0.3, 0.4) is 0 Å². The minimum Gasteiger partial charge on any atom is -0.462 e. The molecule has 1 aromatic heterocycles. The van der Waals surface area contributed by atoms with Gasteiger partial charge in [-0.05, 0) is 18.4 Å². The number of carbonyl (C=O) groups excluding carboxylic acids is 1. The Morgan fingerprint density at radius 2 is 2.16 bits per heavy atom. The van der Waals surface area contributed by atoms with Gasteiger partial charge in [-0.3, -0.25) is 0 Å². The van der Waals surface area contributed by atoms with Crippen molar-refractivity contribution < 1.29 is 9.53 Å². The van der Waals surface area contributed by atoms with E-state index in [0.29, 0.717) is 12.5 Å². The summed E-state index contributed by atoms with van der Waals surface area (Å²) in [7, 11) is 0. The lowest BCUT2D eigenvalue weighted by molar-refractivity contribution is 0.0428. The Kier molecular flexibility index (Phi) is 7.17. The Morgan fingerprint density at radius 1 is 1.42 bits per heavy atom. The third-order valence-corrected chi connectivity index (χ3v) is 3.54. The van der Waals surface area contributed by atoms with Crippen LogP contribution in [0.4, 0.5) is 0 Å². The summed E-state index contributed by atoms with van der Waals surface area (Å²) in [6.07, 6.45) is 5.73. The molecule has 0 saturated carbocycles. The monoisotopic (exact) mass is 303 g/mol. The van der Waals surface area contributed by atoms with E-state index in [1.807, 2.05) is 0 Å². The van der Waals surface area contributed by atoms with Gasteiger partial charge in [-0.2, -0.15) is 0 Å². The average molecular weight is 304 g/mol. The molecular formula is C14H19Cl2NO2. The van der Waals surface area contributed by atoms with E-state index in [-0.39, 0.29) is 15.7 Å². The molecule has 0 N–H and O–H groups in total. The lowest BCUT2D eigenvalue weighted by atomic mass is 10.0. The summed E-state index contributed by atoms with van der Waals surface area (Å²) in [4.78, 5) is 15.7. The van der Waals surface area contributed by atoms with Gasteiger partial charge >= 0.3 is 5.97 Å². The zero-order valence-corrected chi connectivity index (χ0v) is 12.8. The van der Waals surface area contributed by atoms with Gasteiger partial charge in [-0.1, -0.05) is 56.3 Å². The summed E-state index contributed by atoms with van der Waals surface area (Å²) >= 11 is 11.6. The maximum atomic E-state index is 11.9. The van der Waals surface area contributed by atoms with Crippen molar-refractivity contribution in [3.8, 4) is 0 Å². The van der Waals surface area contributed by atoms with Gasteiger partial charge in [0.2, 0.25) is 0 Å². The van der Waals surface area contributed by atoms with Crippen LogP contribution in [0.5, 0.6) is 0 Å². The highest BCUT2D eigenvalue weighted by molar-refractivity contribution is 6.34. The van der Waals surface area contributed by atoms with Crippen LogP contribution >= 0.6 is 23.2 Å². The first-order chi connectivity index (χ1) is 9.08. The summed E-state index contributed by atoms with van der Waals surface area (Å²) in [6.45, 7) is 4.67. The standard InChI is InChI=1S/C14H19Cl2NO2/c1-3-5-6-10(4-2)9-19-14(18)11-7-13(16)17-8-12(11)15/h7-8,10H,3-6,9H2,1-2H3. The molecule has 0 aliphatic heterocycles. The average Bonchev–Trinajstić information content (AvgIpc) is 2.41. The number of ether oxygens (including phenoxy) is 1. The fourth-order valence-corrected chi connectivity index (χ4v) is 2.08. The zero-order chi connectivity index (χ0) is 14.3. The van der Waals surface area contributed by atoms with Crippen LogP contribution in [0.25, 0.3) is 0 Å². The van der Waals surface area contributed by atoms with Crippen molar-refractivity contribution in [1.29, 1.82) is 0 Å². The minimum absolute atomic E-state index is 0.231. The number of pyridine rings is 1. The summed E-state index contributed by atoms with van der Waals surface area (Å²) < 4.78 is 5.30. The van der Waals surface area contributed by atoms with E-state index in [4.69, 9.17) is 27.9 Å². The molecule has 19 heavy (non-hydrogen) atoms. The largest absolute Gasteiger partial charge is 0.462 e. The van der Waals surface area contributed by atoms with Gasteiger partial charge in [0.1, 0.15) is 5.15 Å². The molecule has 0 aliphatic rings. The number of unbranched alkanes of at least 4 members (excludes halogenated alkanes) is 1. The predicted octanol–water partition coefficient (Wildman–Crippen LogP) is 4.76. The number of aromatic nitrogens is 1. The Morgan fingerprint density at radius 3 is 2.79 bits per heavy atom. The van der Waals surface area contributed by atoms with Crippen LogP contribution in [-0.2, 0) is 4.74 Å². The summed E-state index contributed by atoms with van der Waals surface area (Å²) in [5, 5.41) is 0.491. The van der Waals surface area contributed by atoms with Gasteiger partial charge in [-0.15, -0.1) is 0 Å². The van der Waals surface area contributed by atoms with Gasteiger partial charge in [0, 0.05) is 6.20 Å². The highest BCUT2D eigenvalue weighted by Crippen LogP contribution is 2.20. The molecule has 0 saturated heterocycles. The molecule has 0 fully saturated rings. The van der Waals surface area contributed by atoms with Crippen molar-refractivity contribution in [3.05, 3.63) is 28.0 Å². The topological polar surface area (TPSA) is 39.2 Å². The summed E-state index contributed by atoms with van der Waals surface area (Å²) in [6, 6.07) is 1.43. The van der Waals surface area contributed by atoms with Crippen LogP contribution in [-0.4, -0.2) is 17.6 Å². The number of nitrogens with zero attached hydrogens (tertiary/aromatic N) is 1. The number of hydrogen-bond donors (Lipinski definition) is 0. The maximum Gasteiger partial charge on any atom is 0.339 e. The Bertz CT molecular complexity index is 424. The third-order valence-electron chi connectivity index (χ3n) is 3.04. The van der Waals surface area contributed by atoms with Crippen LogP contribution in [0, 0.1) is 5.92 Å². The van der Waals surface area contributed by atoms with Crippen molar-refractivity contribution >= 4 is 29.2 Å². The second-order valence-electron chi connectivity index (χ2n) is 4.50. The molecule has 0 bridgehead atoms. The quantitative estimate of drug-likeness (QED) is 0.538. The predicted molar refractivity (Wildman–Crippen MR) is 77.8 cm³/mol. The highest BCUT2D eigenvalue weighted by Gasteiger charge is 2.15. The molecule has 1 unspecified atom stereocenters. The van der Waals surface area contributed by atoms with Crippen molar-refractivity contribution in [2.75, 3.05) is 6.61 Å². The van der Waals surface area contributed by atoms with Crippen LogP contribution < -0.4 is 0 Å². The van der Waals surface area contributed by atoms with E-state index in [1.165, 1.54) is 12.3 Å². The molecule has 5 heteroatoms. The summed E-state index contributed by atoms with van der Waals surface area (Å²) in [5.41, 5.74) is 0.270. The first kappa shape index (κ1) is 16.3. The van der Waals surface area contributed by atoms with Crippen LogP contribution in [0.2, 0.25) is 10.2 Å². The maximum absolute atomic E-state index is 11.9. The fraction of sp³-hybridized carbons (Fsp3) is 0.571. The molecule has 0 aliphatic carbocycles. The van der Waals surface area contributed by atoms with Crippen molar-refractivity contribution in [1.82, 2.24) is 4.98 Å². The Hall–Kier alpha value is -0.800. The molecule has 1 atom stereocenters. The van der Waals surface area contributed by atoms with Gasteiger partial charge in [0.25, 0.3) is 0 Å². The van der Waals surface area contributed by atoms with E-state index < -0.39 is 5.97 Å². The van der Waals surface area contributed by atoms with Crippen molar-refractivity contribution in [2.24, 2.45) is 5.92 Å². The molecule has 0 spiro atoms. The van der Waals surface area contributed by atoms with Gasteiger partial charge in [-0.25, -0.2) is 9.78 Å². The molecule has 1 aromatic rings. The number of esters is 1. The SMILES string of the molecule is CCCCC(CC)COC(=O)c1cc(Cl)ncc1Cl. The molecule has 0 aromatic carbocycles. The molecule has 0 radical (unpaired) electrons. The smallest absolute Gasteiger partial charge is 0.339 e. The molecule has 106 valence electrons. The molecule has 3 nitrogen and oxygen atoms in total. The number of halogens is 2. The van der Waals surface area contributed by atoms with Gasteiger partial charge in [0.15, 0.2) is 0 Å². The second kappa shape index (κ2) is 8.39. The molecular weight excluding hydrogens is 285 g/mol. The van der Waals surface area contributed by atoms with Crippen molar-refractivity contribution in [3.63, 3.8) is 0 Å². The van der Waals surface area contributed by atoms with E-state index in [1.54, 1.807) is 0 Å². The molecule has 1 heterocycles. The van der Waals surface area contributed by atoms with Gasteiger partial charge in [0.05, 0.1) is 17.2 Å². The van der Waals surface area contributed by atoms with E-state index >= 15 is 0 Å². The van der Waals surface area contributed by atoms with Crippen LogP contribution in [0.15, 0.2) is 12.3 Å². The van der Waals surface area contributed by atoms with Gasteiger partial charge < -0.3 is 4.74 Å². The minimum atomic E-state index is -0.441. The lowest BCUT2D eigenvalue weighted by Gasteiger charge is -2.14. The number of carbonyl (C=O) groups is 1. The molecule has 1 rings (SSSR count). The Labute approximate surface area is 124 Å². The number of hydrogen-bond acceptors (Lipinski definition) is 3. The van der Waals surface area contributed by atoms with Crippen molar-refractivity contribution in [2.45, 2.75) is 39.5 Å². The molecule has 0 amide bonds. The highest BCUT2D eigenvalue weighted by atomic mass is 35.5. The zero-order valence-electron chi connectivity index (χ0n) is 11.3. The Balaban J connectivity index is 2.56. The summed E-state index contributed by atoms with van der Waals surface area (Å²) in [5.74, 6) is -0.0377. The number of rotatable bonds is 7. The van der Waals surface area contributed by atoms with E-state index in [2.05, 4.69) is 18.8 Å². The van der Waals surface area contributed by atoms with Crippen LogP contribution in [0.1, 0.15) is 49.9 Å².